The molecule has 0 bridgehead atoms. The molecule has 2 unspecified atom stereocenters. The van der Waals surface area contributed by atoms with Crippen molar-refractivity contribution in [3.63, 3.8) is 0 Å². The summed E-state index contributed by atoms with van der Waals surface area (Å²) in [5, 5.41) is 7.16. The molecule has 2 aromatic heterocycles. The molecule has 1 aliphatic carbocycles. The van der Waals surface area contributed by atoms with E-state index in [9.17, 15) is 0 Å². The minimum atomic E-state index is 0.0592. The van der Waals surface area contributed by atoms with Gasteiger partial charge in [-0.25, -0.2) is 15.0 Å². The van der Waals surface area contributed by atoms with E-state index in [2.05, 4.69) is 45.8 Å². The van der Waals surface area contributed by atoms with Crippen LogP contribution in [0.25, 0.3) is 5.95 Å². The third-order valence-corrected chi connectivity index (χ3v) is 5.44. The summed E-state index contributed by atoms with van der Waals surface area (Å²) >= 11 is 0. The van der Waals surface area contributed by atoms with Crippen LogP contribution in [0.5, 0.6) is 0 Å². The fraction of sp³-hybridized carbons (Fsp3) is 0.375. The van der Waals surface area contributed by atoms with Gasteiger partial charge >= 0.3 is 0 Å². The maximum Gasteiger partial charge on any atom is 0.235 e. The Labute approximate surface area is 188 Å². The Bertz CT molecular complexity index is 1010. The highest BCUT2D eigenvalue weighted by Crippen LogP contribution is 2.22. The highest BCUT2D eigenvalue weighted by molar-refractivity contribution is 5.22. The number of nitrogens with zero attached hydrogens (tertiary/aromatic N) is 4. The number of allylic oxidation sites excluding steroid dienone is 3. The van der Waals surface area contributed by atoms with Crippen molar-refractivity contribution < 1.29 is 9.47 Å². The van der Waals surface area contributed by atoms with Gasteiger partial charge in [0.15, 0.2) is 5.76 Å². The summed E-state index contributed by atoms with van der Waals surface area (Å²) < 4.78 is 12.8. The van der Waals surface area contributed by atoms with E-state index < -0.39 is 0 Å². The number of aryl methyl sites for hydroxylation is 1. The first-order valence-corrected chi connectivity index (χ1v) is 11.0. The fourth-order valence-corrected chi connectivity index (χ4v) is 3.73. The molecule has 0 aromatic carbocycles. The SMILES string of the molecule is Cc1cc(C(C)NCCNC(CC2=CC=CCC2)C2=COC=CO2)nc(-n2ccnc2)n1. The van der Waals surface area contributed by atoms with Crippen molar-refractivity contribution in [3.8, 4) is 5.95 Å². The lowest BCUT2D eigenvalue weighted by molar-refractivity contribution is 0.225. The van der Waals surface area contributed by atoms with Crippen molar-refractivity contribution in [1.29, 1.82) is 0 Å². The van der Waals surface area contributed by atoms with E-state index in [0.717, 1.165) is 49.5 Å². The van der Waals surface area contributed by atoms with Crippen molar-refractivity contribution >= 4 is 0 Å². The van der Waals surface area contributed by atoms with Crippen LogP contribution in [0.15, 0.2) is 73.1 Å². The summed E-state index contributed by atoms with van der Waals surface area (Å²) in [6.07, 6.45) is 19.7. The predicted octanol–water partition coefficient (Wildman–Crippen LogP) is 3.61. The van der Waals surface area contributed by atoms with Gasteiger partial charge in [-0.1, -0.05) is 23.8 Å². The number of hydrogen-bond donors (Lipinski definition) is 2. The van der Waals surface area contributed by atoms with Crippen LogP contribution in [0.4, 0.5) is 0 Å². The van der Waals surface area contributed by atoms with Gasteiger partial charge in [0, 0.05) is 37.2 Å². The van der Waals surface area contributed by atoms with Gasteiger partial charge in [-0.2, -0.15) is 0 Å². The average molecular weight is 435 g/mol. The maximum absolute atomic E-state index is 5.69. The molecule has 8 heteroatoms. The number of aromatic nitrogens is 4. The van der Waals surface area contributed by atoms with E-state index in [4.69, 9.17) is 14.5 Å². The molecule has 0 saturated heterocycles. The Balaban J connectivity index is 1.32. The van der Waals surface area contributed by atoms with Gasteiger partial charge in [0.2, 0.25) is 5.95 Å². The number of hydrogen-bond acceptors (Lipinski definition) is 7. The zero-order valence-electron chi connectivity index (χ0n) is 18.6. The van der Waals surface area contributed by atoms with Crippen LogP contribution in [0.1, 0.15) is 43.6 Å². The molecule has 4 rings (SSSR count). The summed E-state index contributed by atoms with van der Waals surface area (Å²) in [7, 11) is 0. The highest BCUT2D eigenvalue weighted by Gasteiger charge is 2.19. The molecule has 168 valence electrons. The van der Waals surface area contributed by atoms with Crippen LogP contribution >= 0.6 is 0 Å². The lowest BCUT2D eigenvalue weighted by Crippen LogP contribution is -2.38. The maximum atomic E-state index is 5.69. The van der Waals surface area contributed by atoms with Crippen LogP contribution < -0.4 is 10.6 Å². The first kappa shape index (κ1) is 22.0. The molecule has 1 aliphatic heterocycles. The fourth-order valence-electron chi connectivity index (χ4n) is 3.73. The monoisotopic (exact) mass is 434 g/mol. The van der Waals surface area contributed by atoms with E-state index in [-0.39, 0.29) is 12.1 Å². The van der Waals surface area contributed by atoms with Crippen molar-refractivity contribution in [2.75, 3.05) is 13.1 Å². The molecule has 0 spiro atoms. The normalized spacial score (nSPS) is 17.2. The quantitative estimate of drug-likeness (QED) is 0.553. The van der Waals surface area contributed by atoms with E-state index in [1.165, 1.54) is 11.8 Å². The van der Waals surface area contributed by atoms with Gasteiger partial charge in [0.1, 0.15) is 25.1 Å². The van der Waals surface area contributed by atoms with Gasteiger partial charge in [0.25, 0.3) is 0 Å². The van der Waals surface area contributed by atoms with Crippen LogP contribution in [-0.2, 0) is 9.47 Å². The summed E-state index contributed by atoms with van der Waals surface area (Å²) in [4.78, 5) is 13.3. The summed E-state index contributed by atoms with van der Waals surface area (Å²) in [6.45, 7) is 5.65. The summed E-state index contributed by atoms with van der Waals surface area (Å²) in [5.41, 5.74) is 3.29. The molecule has 8 nitrogen and oxygen atoms in total. The zero-order chi connectivity index (χ0) is 22.2. The van der Waals surface area contributed by atoms with Crippen LogP contribution in [0, 0.1) is 6.92 Å². The van der Waals surface area contributed by atoms with Crippen molar-refractivity contribution in [3.05, 3.63) is 84.5 Å². The van der Waals surface area contributed by atoms with Crippen molar-refractivity contribution in [1.82, 2.24) is 30.2 Å². The predicted molar refractivity (Wildman–Crippen MR) is 123 cm³/mol. The average Bonchev–Trinajstić information content (AvgIpc) is 3.37. The Morgan fingerprint density at radius 2 is 2.09 bits per heavy atom. The molecule has 0 saturated carbocycles. The molecule has 32 heavy (non-hydrogen) atoms. The van der Waals surface area contributed by atoms with Crippen molar-refractivity contribution in [2.24, 2.45) is 0 Å². The lowest BCUT2D eigenvalue weighted by atomic mass is 9.97. The molecule has 3 heterocycles. The second kappa shape index (κ2) is 10.9. The second-order valence-electron chi connectivity index (χ2n) is 7.93. The van der Waals surface area contributed by atoms with Crippen LogP contribution in [0.2, 0.25) is 0 Å². The largest absolute Gasteiger partial charge is 0.466 e. The molecule has 2 N–H and O–H groups in total. The number of imidazole rings is 1. The van der Waals surface area contributed by atoms with Gasteiger partial charge in [0.05, 0.1) is 11.7 Å². The Kier molecular flexibility index (Phi) is 7.47. The minimum Gasteiger partial charge on any atom is -0.466 e. The van der Waals surface area contributed by atoms with E-state index in [1.54, 1.807) is 25.0 Å². The lowest BCUT2D eigenvalue weighted by Gasteiger charge is -2.24. The molecule has 0 amide bonds. The molecule has 0 fully saturated rings. The van der Waals surface area contributed by atoms with E-state index in [0.29, 0.717) is 5.95 Å². The molecular formula is C24H30N6O2. The Morgan fingerprint density at radius 3 is 2.84 bits per heavy atom. The topological polar surface area (TPSA) is 86.1 Å². The Morgan fingerprint density at radius 1 is 1.19 bits per heavy atom. The van der Waals surface area contributed by atoms with Crippen molar-refractivity contribution in [2.45, 2.75) is 45.2 Å². The van der Waals surface area contributed by atoms with Gasteiger partial charge in [-0.3, -0.25) is 4.57 Å². The zero-order valence-corrected chi connectivity index (χ0v) is 18.6. The van der Waals surface area contributed by atoms with E-state index in [1.807, 2.05) is 23.8 Å². The summed E-state index contributed by atoms with van der Waals surface area (Å²) in [5.74, 6) is 1.43. The standard InChI is InChI=1S/C24H30N6O2/c1-18-14-21(29-24(28-18)30-11-10-25-17-30)19(2)26-8-9-27-22(23-16-31-12-13-32-23)15-20-6-4-3-5-7-20/h3-4,6,10-14,16-17,19,22,26-27H,5,7-9,15H2,1-2H3. The number of rotatable bonds is 10. The third kappa shape index (κ3) is 5.93. The Hall–Kier alpha value is -3.23. The van der Waals surface area contributed by atoms with Crippen LogP contribution in [-0.4, -0.2) is 38.7 Å². The summed E-state index contributed by atoms with van der Waals surface area (Å²) in [6, 6.07) is 2.16. The smallest absolute Gasteiger partial charge is 0.235 e. The molecule has 2 aliphatic rings. The number of nitrogens with one attached hydrogen (secondary N) is 2. The molecule has 2 aromatic rings. The van der Waals surface area contributed by atoms with E-state index >= 15 is 0 Å². The minimum absolute atomic E-state index is 0.0592. The molecule has 2 atom stereocenters. The molecular weight excluding hydrogens is 404 g/mol. The number of ether oxygens (including phenoxy) is 2. The third-order valence-electron chi connectivity index (χ3n) is 5.44. The van der Waals surface area contributed by atoms with Gasteiger partial charge in [-0.15, -0.1) is 0 Å². The molecule has 0 radical (unpaired) electrons. The van der Waals surface area contributed by atoms with Crippen LogP contribution in [0.3, 0.4) is 0 Å². The highest BCUT2D eigenvalue weighted by atomic mass is 16.5. The first-order chi connectivity index (χ1) is 15.7. The first-order valence-electron chi connectivity index (χ1n) is 11.0. The van der Waals surface area contributed by atoms with Gasteiger partial charge in [-0.05, 0) is 39.2 Å². The van der Waals surface area contributed by atoms with Gasteiger partial charge < -0.3 is 20.1 Å². The second-order valence-corrected chi connectivity index (χ2v) is 7.93.